The first kappa shape index (κ1) is 21.2. The van der Waals surface area contributed by atoms with Crippen molar-refractivity contribution in [1.82, 2.24) is 10.2 Å². The van der Waals surface area contributed by atoms with E-state index in [2.05, 4.69) is 10.6 Å². The highest BCUT2D eigenvalue weighted by Crippen LogP contribution is 2.14. The molecule has 1 heterocycles. The Morgan fingerprint density at radius 3 is 2.24 bits per heavy atom. The number of amides is 3. The summed E-state index contributed by atoms with van der Waals surface area (Å²) in [4.78, 5) is 26.4. The van der Waals surface area contributed by atoms with E-state index in [1.807, 2.05) is 65.2 Å². The molecule has 2 aromatic rings. The van der Waals surface area contributed by atoms with Gasteiger partial charge in [0.05, 0.1) is 13.0 Å². The average molecular weight is 414 g/mol. The van der Waals surface area contributed by atoms with Gasteiger partial charge in [0.15, 0.2) is 0 Å². The molecule has 0 aliphatic carbocycles. The lowest BCUT2D eigenvalue weighted by Gasteiger charge is -2.26. The molecule has 0 atom stereocenters. The summed E-state index contributed by atoms with van der Waals surface area (Å²) in [6, 6.07) is 15.1. The van der Waals surface area contributed by atoms with E-state index in [9.17, 15) is 9.59 Å². The van der Waals surface area contributed by atoms with Crippen LogP contribution in [-0.4, -0.2) is 48.5 Å². The highest BCUT2D eigenvalue weighted by molar-refractivity contribution is 7.99. The minimum atomic E-state index is -0.263. The van der Waals surface area contributed by atoms with Crippen LogP contribution in [0, 0.1) is 0 Å². The van der Waals surface area contributed by atoms with Gasteiger partial charge in [-0.3, -0.25) is 4.79 Å². The van der Waals surface area contributed by atoms with Crippen molar-refractivity contribution >= 4 is 29.4 Å². The summed E-state index contributed by atoms with van der Waals surface area (Å²) < 4.78 is 5.09. The third-order valence-electron chi connectivity index (χ3n) is 4.72. The molecule has 0 radical (unpaired) electrons. The Bertz CT molecular complexity index is 803. The molecule has 0 spiro atoms. The average Bonchev–Trinajstić information content (AvgIpc) is 2.75. The zero-order valence-corrected chi connectivity index (χ0v) is 17.5. The maximum absolute atomic E-state index is 12.3. The Morgan fingerprint density at radius 2 is 1.59 bits per heavy atom. The molecule has 29 heavy (non-hydrogen) atoms. The van der Waals surface area contributed by atoms with Gasteiger partial charge in [0.25, 0.3) is 0 Å². The number of ether oxygens (including phenoxy) is 1. The van der Waals surface area contributed by atoms with Crippen LogP contribution in [0.15, 0.2) is 48.5 Å². The van der Waals surface area contributed by atoms with Gasteiger partial charge in [0, 0.05) is 43.9 Å². The highest BCUT2D eigenvalue weighted by Gasteiger charge is 2.16. The van der Waals surface area contributed by atoms with Gasteiger partial charge in [-0.1, -0.05) is 36.4 Å². The molecular weight excluding hydrogens is 386 g/mol. The number of nitrogens with one attached hydrogen (secondary N) is 2. The lowest BCUT2D eigenvalue weighted by molar-refractivity contribution is -0.130. The third-order valence-corrected chi connectivity index (χ3v) is 5.66. The maximum Gasteiger partial charge on any atom is 0.319 e. The lowest BCUT2D eigenvalue weighted by atomic mass is 10.1. The second-order valence-electron chi connectivity index (χ2n) is 6.92. The van der Waals surface area contributed by atoms with Crippen LogP contribution < -0.4 is 10.6 Å². The normalized spacial score (nSPS) is 13.8. The Labute approximate surface area is 176 Å². The molecule has 3 rings (SSSR count). The molecule has 1 aliphatic rings. The number of carbonyl (C=O) groups excluding carboxylic acids is 2. The number of hydrogen-bond acceptors (Lipinski definition) is 4. The van der Waals surface area contributed by atoms with Crippen LogP contribution in [0.5, 0.6) is 0 Å². The topological polar surface area (TPSA) is 70.7 Å². The van der Waals surface area contributed by atoms with Gasteiger partial charge in [0.2, 0.25) is 5.91 Å². The zero-order chi connectivity index (χ0) is 20.5. The van der Waals surface area contributed by atoms with Crippen molar-refractivity contribution in [2.24, 2.45) is 0 Å². The number of nitrogens with zero attached hydrogens (tertiary/aromatic N) is 1. The first-order valence-electron chi connectivity index (χ1n) is 9.70. The van der Waals surface area contributed by atoms with Crippen LogP contribution in [0.25, 0.3) is 0 Å². The van der Waals surface area contributed by atoms with Crippen molar-refractivity contribution in [3.63, 3.8) is 0 Å². The van der Waals surface area contributed by atoms with E-state index in [1.54, 1.807) is 7.11 Å². The van der Waals surface area contributed by atoms with Crippen molar-refractivity contribution in [3.05, 3.63) is 65.2 Å². The summed E-state index contributed by atoms with van der Waals surface area (Å²) >= 11 is 1.89. The fourth-order valence-electron chi connectivity index (χ4n) is 3.08. The number of thioether (sulfide) groups is 1. The van der Waals surface area contributed by atoms with Gasteiger partial charge in [0.1, 0.15) is 0 Å². The summed E-state index contributed by atoms with van der Waals surface area (Å²) in [5.41, 5.74) is 3.77. The summed E-state index contributed by atoms with van der Waals surface area (Å²) in [5, 5.41) is 5.66. The predicted molar refractivity (Wildman–Crippen MR) is 117 cm³/mol. The number of carbonyl (C=O) groups is 2. The van der Waals surface area contributed by atoms with E-state index in [0.29, 0.717) is 25.3 Å². The number of methoxy groups -OCH3 is 1. The molecule has 0 bridgehead atoms. The van der Waals surface area contributed by atoms with Crippen LogP contribution in [-0.2, 0) is 29.1 Å². The second-order valence-corrected chi connectivity index (χ2v) is 8.15. The molecule has 1 aliphatic heterocycles. The van der Waals surface area contributed by atoms with Gasteiger partial charge in [-0.15, -0.1) is 0 Å². The van der Waals surface area contributed by atoms with Crippen molar-refractivity contribution in [2.75, 3.05) is 37.0 Å². The van der Waals surface area contributed by atoms with Gasteiger partial charge < -0.3 is 20.3 Å². The number of benzene rings is 2. The molecule has 7 heteroatoms. The lowest BCUT2D eigenvalue weighted by Crippen LogP contribution is -2.38. The van der Waals surface area contributed by atoms with Crippen LogP contribution in [0.2, 0.25) is 0 Å². The van der Waals surface area contributed by atoms with Gasteiger partial charge in [-0.25, -0.2) is 4.79 Å². The largest absolute Gasteiger partial charge is 0.380 e. The van der Waals surface area contributed by atoms with E-state index in [4.69, 9.17) is 4.74 Å². The Morgan fingerprint density at radius 1 is 0.966 bits per heavy atom. The molecule has 3 amide bonds. The zero-order valence-electron chi connectivity index (χ0n) is 16.6. The van der Waals surface area contributed by atoms with Crippen LogP contribution >= 0.6 is 11.8 Å². The van der Waals surface area contributed by atoms with E-state index < -0.39 is 0 Å². The smallest absolute Gasteiger partial charge is 0.319 e. The molecular formula is C22H27N3O3S. The monoisotopic (exact) mass is 413 g/mol. The van der Waals surface area contributed by atoms with E-state index in [0.717, 1.165) is 41.3 Å². The Hall–Kier alpha value is -2.51. The number of rotatable bonds is 7. The van der Waals surface area contributed by atoms with Crippen molar-refractivity contribution in [2.45, 2.75) is 19.6 Å². The quantitative estimate of drug-likeness (QED) is 0.731. The fourth-order valence-corrected chi connectivity index (χ4v) is 3.99. The number of hydrogen-bond donors (Lipinski definition) is 2. The molecule has 0 unspecified atom stereocenters. The van der Waals surface area contributed by atoms with E-state index in [1.165, 1.54) is 0 Å². The minimum absolute atomic E-state index is 0.167. The van der Waals surface area contributed by atoms with Crippen molar-refractivity contribution in [3.8, 4) is 0 Å². The van der Waals surface area contributed by atoms with Crippen LogP contribution in [0.3, 0.4) is 0 Å². The first-order valence-corrected chi connectivity index (χ1v) is 10.9. The molecule has 1 fully saturated rings. The predicted octanol–water partition coefficient (Wildman–Crippen LogP) is 3.27. The molecule has 0 aromatic heterocycles. The van der Waals surface area contributed by atoms with Crippen LogP contribution in [0.4, 0.5) is 10.5 Å². The molecule has 1 saturated heterocycles. The van der Waals surface area contributed by atoms with Gasteiger partial charge in [-0.2, -0.15) is 11.8 Å². The molecule has 6 nitrogen and oxygen atoms in total. The van der Waals surface area contributed by atoms with Crippen molar-refractivity contribution in [1.29, 1.82) is 0 Å². The fraction of sp³-hybridized carbons (Fsp3) is 0.364. The maximum atomic E-state index is 12.3. The SMILES string of the molecule is COCc1ccc(CNC(=O)Nc2ccc(CC(=O)N3CCSCC3)cc2)cc1. The molecule has 154 valence electrons. The molecule has 2 N–H and O–H groups in total. The Kier molecular flexibility index (Phi) is 7.95. The number of anilines is 1. The standard InChI is InChI=1S/C22H27N3O3S/c1-28-16-19-4-2-18(3-5-19)15-23-22(27)24-20-8-6-17(7-9-20)14-21(26)25-10-12-29-13-11-25/h2-9H,10-16H2,1H3,(H2,23,24,27). The first-order chi connectivity index (χ1) is 14.1. The number of urea groups is 1. The summed E-state index contributed by atoms with van der Waals surface area (Å²) in [6.07, 6.45) is 0.399. The summed E-state index contributed by atoms with van der Waals surface area (Å²) in [6.45, 7) is 2.68. The van der Waals surface area contributed by atoms with Gasteiger partial charge in [-0.05, 0) is 28.8 Å². The second kappa shape index (κ2) is 10.9. The minimum Gasteiger partial charge on any atom is -0.380 e. The third kappa shape index (κ3) is 6.80. The molecule has 2 aromatic carbocycles. The highest BCUT2D eigenvalue weighted by atomic mass is 32.2. The van der Waals surface area contributed by atoms with Crippen LogP contribution in [0.1, 0.15) is 16.7 Å². The van der Waals surface area contributed by atoms with Crippen molar-refractivity contribution < 1.29 is 14.3 Å². The van der Waals surface area contributed by atoms with Gasteiger partial charge >= 0.3 is 6.03 Å². The van der Waals surface area contributed by atoms with E-state index in [-0.39, 0.29) is 11.9 Å². The van der Waals surface area contributed by atoms with E-state index >= 15 is 0 Å². The summed E-state index contributed by atoms with van der Waals surface area (Å²) in [5.74, 6) is 2.20. The summed E-state index contributed by atoms with van der Waals surface area (Å²) in [7, 11) is 1.66. The Balaban J connectivity index is 1.43. The molecule has 0 saturated carbocycles.